The topological polar surface area (TPSA) is 89.3 Å². The molecule has 0 aliphatic carbocycles. The normalized spacial score (nSPS) is 16.9. The Labute approximate surface area is 121 Å². The molecule has 0 fully saturated rings. The molecule has 1 aliphatic rings. The van der Waals surface area contributed by atoms with Crippen LogP contribution in [0.3, 0.4) is 0 Å². The molecule has 3 rings (SSSR count). The summed E-state index contributed by atoms with van der Waals surface area (Å²) in [5.74, 6) is 1.10. The summed E-state index contributed by atoms with van der Waals surface area (Å²) in [5.41, 5.74) is 1.16. The highest BCUT2D eigenvalue weighted by Crippen LogP contribution is 2.26. The lowest BCUT2D eigenvalue weighted by atomic mass is 9.98. The van der Waals surface area contributed by atoms with Crippen molar-refractivity contribution in [2.24, 2.45) is 0 Å². The number of nitrogens with one attached hydrogen (secondary N) is 1. The zero-order chi connectivity index (χ0) is 14.8. The molecule has 1 aliphatic heterocycles. The maximum Gasteiger partial charge on any atom is 0.311 e. The number of methoxy groups -OCH3 is 1. The van der Waals surface area contributed by atoms with Crippen molar-refractivity contribution in [2.75, 3.05) is 19.0 Å². The molecular weight excluding hydrogens is 272 g/mol. The van der Waals surface area contributed by atoms with Gasteiger partial charge < -0.3 is 15.2 Å². The highest BCUT2D eigenvalue weighted by molar-refractivity contribution is 5.69. The highest BCUT2D eigenvalue weighted by Gasteiger charge is 2.23. The molecule has 0 saturated heterocycles. The SMILES string of the molecule is COc1cccc(C2CNc3nc(CC(=O)O)nn3C2)c1. The molecule has 0 radical (unpaired) electrons. The third kappa shape index (κ3) is 2.81. The van der Waals surface area contributed by atoms with E-state index in [1.54, 1.807) is 11.8 Å². The Morgan fingerprint density at radius 2 is 2.43 bits per heavy atom. The molecule has 21 heavy (non-hydrogen) atoms. The van der Waals surface area contributed by atoms with E-state index in [2.05, 4.69) is 21.5 Å². The Bertz CT molecular complexity index is 668. The lowest BCUT2D eigenvalue weighted by Gasteiger charge is -2.24. The van der Waals surface area contributed by atoms with Gasteiger partial charge in [-0.3, -0.25) is 4.79 Å². The van der Waals surface area contributed by atoms with Gasteiger partial charge in [0, 0.05) is 12.5 Å². The lowest BCUT2D eigenvalue weighted by Crippen LogP contribution is -2.26. The van der Waals surface area contributed by atoms with Gasteiger partial charge in [-0.1, -0.05) is 12.1 Å². The van der Waals surface area contributed by atoms with E-state index < -0.39 is 5.97 Å². The lowest BCUT2D eigenvalue weighted by molar-refractivity contribution is -0.136. The van der Waals surface area contributed by atoms with E-state index in [1.807, 2.05) is 18.2 Å². The first-order valence-corrected chi connectivity index (χ1v) is 6.69. The van der Waals surface area contributed by atoms with Crippen molar-refractivity contribution in [3.05, 3.63) is 35.7 Å². The fourth-order valence-electron chi connectivity index (χ4n) is 2.46. The molecule has 1 unspecified atom stereocenters. The van der Waals surface area contributed by atoms with E-state index >= 15 is 0 Å². The van der Waals surface area contributed by atoms with Gasteiger partial charge in [-0.15, -0.1) is 0 Å². The van der Waals surface area contributed by atoms with Crippen LogP contribution < -0.4 is 10.1 Å². The number of carbonyl (C=O) groups is 1. The summed E-state index contributed by atoms with van der Waals surface area (Å²) in [5, 5.41) is 16.2. The Morgan fingerprint density at radius 1 is 1.57 bits per heavy atom. The van der Waals surface area contributed by atoms with Gasteiger partial charge in [-0.05, 0) is 17.7 Å². The monoisotopic (exact) mass is 288 g/mol. The van der Waals surface area contributed by atoms with Crippen LogP contribution in [-0.2, 0) is 17.8 Å². The van der Waals surface area contributed by atoms with Gasteiger partial charge in [0.05, 0.1) is 13.7 Å². The van der Waals surface area contributed by atoms with Crippen molar-refractivity contribution in [2.45, 2.75) is 18.9 Å². The average molecular weight is 288 g/mol. The van der Waals surface area contributed by atoms with Crippen molar-refractivity contribution in [1.29, 1.82) is 0 Å². The first-order valence-electron chi connectivity index (χ1n) is 6.69. The second-order valence-electron chi connectivity index (χ2n) is 4.96. The van der Waals surface area contributed by atoms with Crippen LogP contribution in [-0.4, -0.2) is 39.5 Å². The first kappa shape index (κ1) is 13.4. The van der Waals surface area contributed by atoms with Crippen LogP contribution in [0.25, 0.3) is 0 Å². The largest absolute Gasteiger partial charge is 0.497 e. The van der Waals surface area contributed by atoms with E-state index in [-0.39, 0.29) is 12.3 Å². The number of benzene rings is 1. The zero-order valence-corrected chi connectivity index (χ0v) is 11.6. The number of nitrogens with zero attached hydrogens (tertiary/aromatic N) is 3. The Hall–Kier alpha value is -2.57. The molecule has 2 heterocycles. The minimum Gasteiger partial charge on any atom is -0.497 e. The van der Waals surface area contributed by atoms with Crippen LogP contribution >= 0.6 is 0 Å². The zero-order valence-electron chi connectivity index (χ0n) is 11.6. The summed E-state index contributed by atoms with van der Waals surface area (Å²) in [6, 6.07) is 7.92. The molecule has 7 heteroatoms. The summed E-state index contributed by atoms with van der Waals surface area (Å²) >= 11 is 0. The minimum absolute atomic E-state index is 0.161. The van der Waals surface area contributed by atoms with Crippen molar-refractivity contribution in [1.82, 2.24) is 14.8 Å². The number of aromatic nitrogens is 3. The third-order valence-corrected chi connectivity index (χ3v) is 3.49. The van der Waals surface area contributed by atoms with E-state index in [0.717, 1.165) is 17.9 Å². The Kier molecular flexibility index (Phi) is 3.47. The fraction of sp³-hybridized carbons (Fsp3) is 0.357. The van der Waals surface area contributed by atoms with E-state index in [1.165, 1.54) is 0 Å². The van der Waals surface area contributed by atoms with Crippen LogP contribution in [0.2, 0.25) is 0 Å². The number of fused-ring (bicyclic) bond motifs is 1. The van der Waals surface area contributed by atoms with Gasteiger partial charge in [0.25, 0.3) is 0 Å². The van der Waals surface area contributed by atoms with Crippen molar-refractivity contribution in [3.63, 3.8) is 0 Å². The molecule has 1 aromatic carbocycles. The molecule has 1 aromatic heterocycles. The molecule has 2 aromatic rings. The number of hydrogen-bond acceptors (Lipinski definition) is 5. The van der Waals surface area contributed by atoms with Gasteiger partial charge in [0.15, 0.2) is 5.82 Å². The molecule has 0 spiro atoms. The molecule has 0 amide bonds. The fourth-order valence-corrected chi connectivity index (χ4v) is 2.46. The summed E-state index contributed by atoms with van der Waals surface area (Å²) < 4.78 is 6.97. The van der Waals surface area contributed by atoms with Crippen molar-refractivity contribution in [3.8, 4) is 5.75 Å². The minimum atomic E-state index is -0.928. The summed E-state index contributed by atoms with van der Waals surface area (Å²) in [6.07, 6.45) is -0.161. The van der Waals surface area contributed by atoms with Gasteiger partial charge in [0.1, 0.15) is 12.2 Å². The molecule has 7 nitrogen and oxygen atoms in total. The van der Waals surface area contributed by atoms with Crippen LogP contribution in [0.5, 0.6) is 5.75 Å². The van der Waals surface area contributed by atoms with Crippen LogP contribution in [0, 0.1) is 0 Å². The summed E-state index contributed by atoms with van der Waals surface area (Å²) in [7, 11) is 1.64. The molecule has 1 atom stereocenters. The third-order valence-electron chi connectivity index (χ3n) is 3.49. The van der Waals surface area contributed by atoms with Gasteiger partial charge in [0.2, 0.25) is 5.95 Å². The quantitative estimate of drug-likeness (QED) is 0.876. The van der Waals surface area contributed by atoms with Gasteiger partial charge in [-0.25, -0.2) is 4.68 Å². The molecule has 0 bridgehead atoms. The van der Waals surface area contributed by atoms with E-state index in [0.29, 0.717) is 18.3 Å². The number of carboxylic acids is 1. The maximum absolute atomic E-state index is 10.7. The second kappa shape index (κ2) is 5.43. The van der Waals surface area contributed by atoms with Crippen LogP contribution in [0.1, 0.15) is 17.3 Å². The number of hydrogen-bond donors (Lipinski definition) is 2. The second-order valence-corrected chi connectivity index (χ2v) is 4.96. The molecule has 110 valence electrons. The Morgan fingerprint density at radius 3 is 3.19 bits per heavy atom. The number of anilines is 1. The molecular formula is C14H16N4O3. The van der Waals surface area contributed by atoms with E-state index in [4.69, 9.17) is 9.84 Å². The standard InChI is InChI=1S/C14H16N4O3/c1-21-11-4-2-3-9(5-11)10-7-15-14-16-12(6-13(19)20)17-18(14)8-10/h2-5,10H,6-8H2,1H3,(H,19,20)(H,15,16,17). The Balaban J connectivity index is 1.80. The number of rotatable bonds is 4. The smallest absolute Gasteiger partial charge is 0.311 e. The number of aliphatic carboxylic acids is 1. The summed E-state index contributed by atoms with van der Waals surface area (Å²) in [4.78, 5) is 14.9. The number of carboxylic acid groups (broad SMARTS) is 1. The summed E-state index contributed by atoms with van der Waals surface area (Å²) in [6.45, 7) is 1.40. The van der Waals surface area contributed by atoms with Crippen molar-refractivity contribution >= 4 is 11.9 Å². The van der Waals surface area contributed by atoms with E-state index in [9.17, 15) is 4.79 Å². The average Bonchev–Trinajstić information content (AvgIpc) is 2.87. The maximum atomic E-state index is 10.7. The van der Waals surface area contributed by atoms with Crippen molar-refractivity contribution < 1.29 is 14.6 Å². The first-order chi connectivity index (χ1) is 10.2. The highest BCUT2D eigenvalue weighted by atomic mass is 16.5. The number of ether oxygens (including phenoxy) is 1. The van der Waals surface area contributed by atoms with Crippen LogP contribution in [0.15, 0.2) is 24.3 Å². The molecule has 0 saturated carbocycles. The van der Waals surface area contributed by atoms with Crippen LogP contribution in [0.4, 0.5) is 5.95 Å². The van der Waals surface area contributed by atoms with Gasteiger partial charge >= 0.3 is 5.97 Å². The van der Waals surface area contributed by atoms with Gasteiger partial charge in [-0.2, -0.15) is 10.1 Å². The predicted octanol–water partition coefficient (Wildman–Crippen LogP) is 1.12. The predicted molar refractivity (Wildman–Crippen MR) is 75.6 cm³/mol. The molecule has 2 N–H and O–H groups in total.